The minimum Gasteiger partial charge on any atom is -0.481 e. The lowest BCUT2D eigenvalue weighted by molar-refractivity contribution is -0.141. The van der Waals surface area contributed by atoms with Crippen LogP contribution in [-0.4, -0.2) is 38.2 Å². The van der Waals surface area contributed by atoms with E-state index < -0.39 is 27.6 Å². The van der Waals surface area contributed by atoms with Crippen molar-refractivity contribution >= 4 is 21.7 Å². The number of benzene rings is 2. The molecule has 0 aliphatic rings. The van der Waals surface area contributed by atoms with Gasteiger partial charge in [-0.25, -0.2) is 8.42 Å². The van der Waals surface area contributed by atoms with Gasteiger partial charge in [0.2, 0.25) is 0 Å². The summed E-state index contributed by atoms with van der Waals surface area (Å²) >= 11 is 0. The molecule has 6 nitrogen and oxygen atoms in total. The Balaban J connectivity index is 2.12. The van der Waals surface area contributed by atoms with Gasteiger partial charge < -0.3 is 10.4 Å². The van der Waals surface area contributed by atoms with Crippen molar-refractivity contribution in [2.45, 2.75) is 18.2 Å². The van der Waals surface area contributed by atoms with E-state index in [2.05, 4.69) is 5.32 Å². The van der Waals surface area contributed by atoms with Crippen LogP contribution in [0, 0.1) is 12.8 Å². The van der Waals surface area contributed by atoms with Crippen molar-refractivity contribution < 1.29 is 23.1 Å². The van der Waals surface area contributed by atoms with Crippen molar-refractivity contribution in [1.82, 2.24) is 5.32 Å². The number of aliphatic carboxylic acids is 1. The van der Waals surface area contributed by atoms with E-state index in [1.165, 1.54) is 18.2 Å². The molecule has 2 rings (SSSR count). The van der Waals surface area contributed by atoms with Crippen LogP contribution in [0.4, 0.5) is 0 Å². The highest BCUT2D eigenvalue weighted by molar-refractivity contribution is 7.90. The number of rotatable bonds is 7. The largest absolute Gasteiger partial charge is 0.481 e. The summed E-state index contributed by atoms with van der Waals surface area (Å²) in [5, 5.41) is 12.0. The zero-order chi connectivity index (χ0) is 19.3. The predicted octanol–water partition coefficient (Wildman–Crippen LogP) is 2.07. The molecule has 1 amide bonds. The minimum atomic E-state index is -3.56. The second-order valence-corrected chi connectivity index (χ2v) is 8.19. The molecule has 0 bridgehead atoms. The first-order chi connectivity index (χ1) is 12.2. The number of aryl methyl sites for hydroxylation is 1. The summed E-state index contributed by atoms with van der Waals surface area (Å²) in [5.74, 6) is -2.45. The molecule has 0 radical (unpaired) electrons. The number of carbonyl (C=O) groups excluding carboxylic acids is 1. The number of nitrogens with one attached hydrogen (secondary N) is 1. The number of carboxylic acids is 1. The van der Waals surface area contributed by atoms with Gasteiger partial charge in [-0.15, -0.1) is 0 Å². The molecule has 0 aromatic heterocycles. The number of hydrogen-bond acceptors (Lipinski definition) is 4. The SMILES string of the molecule is Cc1cccc(CC(CNC(=O)c2ccccc2S(C)(=O)=O)C(=O)O)c1. The molecule has 1 unspecified atom stereocenters. The topological polar surface area (TPSA) is 101 Å². The molecular formula is C19H21NO5S. The lowest BCUT2D eigenvalue weighted by atomic mass is 9.98. The van der Waals surface area contributed by atoms with Crippen LogP contribution in [0.25, 0.3) is 0 Å². The highest BCUT2D eigenvalue weighted by Crippen LogP contribution is 2.16. The standard InChI is InChI=1S/C19H21NO5S/c1-13-6-5-7-14(10-13)11-15(19(22)23)12-20-18(21)16-8-3-4-9-17(16)26(2,24)25/h3-10,15H,11-12H2,1-2H3,(H,20,21)(H,22,23). The quantitative estimate of drug-likeness (QED) is 0.772. The summed E-state index contributed by atoms with van der Waals surface area (Å²) in [6.07, 6.45) is 1.29. The second-order valence-electron chi connectivity index (χ2n) is 6.21. The Hall–Kier alpha value is -2.67. The van der Waals surface area contributed by atoms with Crippen LogP contribution in [0.15, 0.2) is 53.4 Å². The van der Waals surface area contributed by atoms with Crippen LogP contribution in [0.2, 0.25) is 0 Å². The Morgan fingerprint density at radius 3 is 2.42 bits per heavy atom. The molecule has 7 heteroatoms. The Bertz CT molecular complexity index is 921. The summed E-state index contributed by atoms with van der Waals surface area (Å²) < 4.78 is 23.6. The van der Waals surface area contributed by atoms with Crippen LogP contribution in [0.5, 0.6) is 0 Å². The molecule has 138 valence electrons. The molecule has 0 aliphatic carbocycles. The Morgan fingerprint density at radius 1 is 1.12 bits per heavy atom. The summed E-state index contributed by atoms with van der Waals surface area (Å²) in [6, 6.07) is 13.4. The van der Waals surface area contributed by atoms with Crippen LogP contribution in [0.3, 0.4) is 0 Å². The van der Waals surface area contributed by atoms with E-state index in [4.69, 9.17) is 0 Å². The Kier molecular flexibility index (Phi) is 6.15. The lowest BCUT2D eigenvalue weighted by Crippen LogP contribution is -2.34. The second kappa shape index (κ2) is 8.14. The first-order valence-electron chi connectivity index (χ1n) is 8.04. The summed E-state index contributed by atoms with van der Waals surface area (Å²) in [7, 11) is -3.56. The average molecular weight is 375 g/mol. The minimum absolute atomic E-state index is 0.00898. The first kappa shape index (κ1) is 19.7. The Morgan fingerprint density at radius 2 is 1.81 bits per heavy atom. The van der Waals surface area contributed by atoms with Crippen molar-refractivity contribution in [1.29, 1.82) is 0 Å². The molecule has 2 N–H and O–H groups in total. The molecule has 0 saturated carbocycles. The molecule has 26 heavy (non-hydrogen) atoms. The van der Waals surface area contributed by atoms with Crippen molar-refractivity contribution in [3.05, 3.63) is 65.2 Å². The molecule has 0 heterocycles. The van der Waals surface area contributed by atoms with Crippen LogP contribution >= 0.6 is 0 Å². The number of amides is 1. The third kappa shape index (κ3) is 5.16. The summed E-state index contributed by atoms with van der Waals surface area (Å²) in [5.41, 5.74) is 1.90. The fraction of sp³-hybridized carbons (Fsp3) is 0.263. The van der Waals surface area contributed by atoms with E-state index >= 15 is 0 Å². The van der Waals surface area contributed by atoms with Gasteiger partial charge in [0.25, 0.3) is 5.91 Å². The van der Waals surface area contributed by atoms with E-state index in [9.17, 15) is 23.1 Å². The number of carbonyl (C=O) groups is 2. The third-order valence-electron chi connectivity index (χ3n) is 3.95. The zero-order valence-corrected chi connectivity index (χ0v) is 15.4. The van der Waals surface area contributed by atoms with Gasteiger partial charge in [-0.1, -0.05) is 42.0 Å². The first-order valence-corrected chi connectivity index (χ1v) is 9.93. The molecule has 2 aromatic rings. The maximum atomic E-state index is 12.4. The van der Waals surface area contributed by atoms with Crippen molar-refractivity contribution in [3.63, 3.8) is 0 Å². The van der Waals surface area contributed by atoms with E-state index in [0.29, 0.717) is 0 Å². The van der Waals surface area contributed by atoms with Crippen LogP contribution < -0.4 is 5.32 Å². The molecule has 0 aliphatic heterocycles. The Labute approximate surface area is 152 Å². The van der Waals surface area contributed by atoms with Gasteiger partial charge in [0, 0.05) is 12.8 Å². The van der Waals surface area contributed by atoms with Crippen LogP contribution in [-0.2, 0) is 21.1 Å². The number of sulfone groups is 1. The van der Waals surface area contributed by atoms with Gasteiger partial charge >= 0.3 is 5.97 Å². The van der Waals surface area contributed by atoms with E-state index in [-0.39, 0.29) is 23.4 Å². The van der Waals surface area contributed by atoms with Gasteiger partial charge in [-0.2, -0.15) is 0 Å². The van der Waals surface area contributed by atoms with Crippen molar-refractivity contribution in [2.24, 2.45) is 5.92 Å². The highest BCUT2D eigenvalue weighted by Gasteiger charge is 2.22. The molecule has 0 spiro atoms. The average Bonchev–Trinajstić information content (AvgIpc) is 2.57. The maximum Gasteiger partial charge on any atom is 0.308 e. The van der Waals surface area contributed by atoms with E-state index in [1.807, 2.05) is 31.2 Å². The van der Waals surface area contributed by atoms with Gasteiger partial charge in [0.1, 0.15) is 0 Å². The summed E-state index contributed by atoms with van der Waals surface area (Å²) in [6.45, 7) is 1.82. The van der Waals surface area contributed by atoms with Crippen molar-refractivity contribution in [3.8, 4) is 0 Å². The smallest absolute Gasteiger partial charge is 0.308 e. The molecule has 2 aromatic carbocycles. The lowest BCUT2D eigenvalue weighted by Gasteiger charge is -2.15. The van der Waals surface area contributed by atoms with E-state index in [1.54, 1.807) is 6.07 Å². The van der Waals surface area contributed by atoms with Crippen molar-refractivity contribution in [2.75, 3.05) is 12.8 Å². The fourth-order valence-electron chi connectivity index (χ4n) is 2.66. The fourth-order valence-corrected chi connectivity index (χ4v) is 3.55. The van der Waals surface area contributed by atoms with Gasteiger partial charge in [-0.05, 0) is 31.0 Å². The van der Waals surface area contributed by atoms with Gasteiger partial charge in [0.05, 0.1) is 16.4 Å². The molecule has 0 fully saturated rings. The monoisotopic (exact) mass is 375 g/mol. The van der Waals surface area contributed by atoms with Gasteiger partial charge in [0.15, 0.2) is 9.84 Å². The highest BCUT2D eigenvalue weighted by atomic mass is 32.2. The normalized spacial score (nSPS) is 12.4. The molecule has 0 saturated heterocycles. The third-order valence-corrected chi connectivity index (χ3v) is 5.11. The maximum absolute atomic E-state index is 12.4. The molecular weight excluding hydrogens is 354 g/mol. The number of carboxylic acid groups (broad SMARTS) is 1. The number of hydrogen-bond donors (Lipinski definition) is 2. The summed E-state index contributed by atoms with van der Waals surface area (Å²) in [4.78, 5) is 23.8. The predicted molar refractivity (Wildman–Crippen MR) is 97.9 cm³/mol. The van der Waals surface area contributed by atoms with E-state index in [0.717, 1.165) is 17.4 Å². The molecule has 1 atom stereocenters. The zero-order valence-electron chi connectivity index (χ0n) is 14.6. The van der Waals surface area contributed by atoms with Crippen LogP contribution in [0.1, 0.15) is 21.5 Å². The van der Waals surface area contributed by atoms with Gasteiger partial charge in [-0.3, -0.25) is 9.59 Å².